The number of nitrogens with zero attached hydrogens (tertiary/aromatic N) is 7. The minimum Gasteiger partial charge on any atom is -0.443 e. The Kier molecular flexibility index (Phi) is 6.44. The lowest BCUT2D eigenvalue weighted by atomic mass is 9.84. The first-order chi connectivity index (χ1) is 19.0. The molecule has 5 aromatic rings. The third kappa shape index (κ3) is 4.93. The molecule has 0 saturated heterocycles. The van der Waals surface area contributed by atoms with Crippen molar-refractivity contribution in [2.24, 2.45) is 0 Å². The van der Waals surface area contributed by atoms with Gasteiger partial charge < -0.3 is 9.30 Å². The van der Waals surface area contributed by atoms with E-state index < -0.39 is 5.82 Å². The van der Waals surface area contributed by atoms with Crippen molar-refractivity contribution in [1.29, 1.82) is 0 Å². The SMILES string of the molecule is CCc1nc2c(C)cc(C)nc2n1Cc1ccc(C2CC(Oc3cc(F)ccn3)=CC=C2c2nn[nH]n2)cc1. The molecule has 1 unspecified atom stereocenters. The Morgan fingerprint density at radius 1 is 1.08 bits per heavy atom. The highest BCUT2D eigenvalue weighted by Gasteiger charge is 2.26. The van der Waals surface area contributed by atoms with Gasteiger partial charge in [0.15, 0.2) is 5.65 Å². The van der Waals surface area contributed by atoms with E-state index >= 15 is 0 Å². The molecule has 1 N–H and O–H groups in total. The van der Waals surface area contributed by atoms with Crippen LogP contribution in [0.5, 0.6) is 5.88 Å². The van der Waals surface area contributed by atoms with Crippen LogP contribution in [0, 0.1) is 19.7 Å². The summed E-state index contributed by atoms with van der Waals surface area (Å²) in [6, 6.07) is 13.1. The first-order valence-electron chi connectivity index (χ1n) is 12.8. The summed E-state index contributed by atoms with van der Waals surface area (Å²) in [5.74, 6) is 1.94. The lowest BCUT2D eigenvalue weighted by Gasteiger charge is -2.24. The maximum absolute atomic E-state index is 13.7. The van der Waals surface area contributed by atoms with Crippen LogP contribution in [0.2, 0.25) is 0 Å². The Morgan fingerprint density at radius 3 is 2.67 bits per heavy atom. The predicted octanol–water partition coefficient (Wildman–Crippen LogP) is 5.24. The van der Waals surface area contributed by atoms with Crippen molar-refractivity contribution in [3.8, 4) is 5.88 Å². The van der Waals surface area contributed by atoms with Gasteiger partial charge in [0.1, 0.15) is 22.9 Å². The van der Waals surface area contributed by atoms with Gasteiger partial charge in [-0.15, -0.1) is 10.2 Å². The van der Waals surface area contributed by atoms with E-state index in [1.807, 2.05) is 19.1 Å². The van der Waals surface area contributed by atoms with Crippen molar-refractivity contribution >= 4 is 16.7 Å². The molecule has 39 heavy (non-hydrogen) atoms. The fourth-order valence-corrected chi connectivity index (χ4v) is 5.06. The van der Waals surface area contributed by atoms with Crippen molar-refractivity contribution in [1.82, 2.24) is 40.1 Å². The number of ether oxygens (including phenoxy) is 1. The molecule has 6 rings (SSSR count). The number of aromatic amines is 1. The van der Waals surface area contributed by atoms with Crippen molar-refractivity contribution < 1.29 is 9.13 Å². The van der Waals surface area contributed by atoms with Gasteiger partial charge >= 0.3 is 0 Å². The van der Waals surface area contributed by atoms with Crippen molar-refractivity contribution in [3.05, 3.63) is 106 Å². The van der Waals surface area contributed by atoms with Crippen LogP contribution in [0.3, 0.4) is 0 Å². The highest BCUT2D eigenvalue weighted by atomic mass is 19.1. The maximum atomic E-state index is 13.7. The van der Waals surface area contributed by atoms with Crippen molar-refractivity contribution in [2.75, 3.05) is 0 Å². The van der Waals surface area contributed by atoms with Gasteiger partial charge in [0.25, 0.3) is 0 Å². The molecule has 0 bridgehead atoms. The van der Waals surface area contributed by atoms with Gasteiger partial charge in [-0.3, -0.25) is 0 Å². The minimum absolute atomic E-state index is 0.0857. The maximum Gasteiger partial charge on any atom is 0.221 e. The van der Waals surface area contributed by atoms with E-state index in [0.29, 0.717) is 24.5 Å². The Morgan fingerprint density at radius 2 is 1.92 bits per heavy atom. The molecule has 196 valence electrons. The summed E-state index contributed by atoms with van der Waals surface area (Å²) in [6.45, 7) is 6.89. The number of rotatable bonds is 7. The highest BCUT2D eigenvalue weighted by molar-refractivity contribution is 5.76. The van der Waals surface area contributed by atoms with Crippen LogP contribution >= 0.6 is 0 Å². The molecule has 0 spiro atoms. The molecule has 0 amide bonds. The lowest BCUT2D eigenvalue weighted by Crippen LogP contribution is -2.12. The second-order valence-corrected chi connectivity index (χ2v) is 9.62. The Balaban J connectivity index is 1.29. The van der Waals surface area contributed by atoms with Gasteiger partial charge in [0.2, 0.25) is 11.7 Å². The second-order valence-electron chi connectivity index (χ2n) is 9.62. The lowest BCUT2D eigenvalue weighted by molar-refractivity contribution is 0.379. The molecule has 0 aliphatic heterocycles. The van der Waals surface area contributed by atoms with Crippen LogP contribution in [0.25, 0.3) is 16.7 Å². The fraction of sp³-hybridized carbons (Fsp3) is 0.241. The minimum atomic E-state index is -0.399. The molecule has 9 nitrogen and oxygen atoms in total. The average Bonchev–Trinajstić information content (AvgIpc) is 3.58. The summed E-state index contributed by atoms with van der Waals surface area (Å²) in [4.78, 5) is 13.8. The number of aryl methyl sites for hydroxylation is 3. The topological polar surface area (TPSA) is 107 Å². The fourth-order valence-electron chi connectivity index (χ4n) is 5.06. The van der Waals surface area contributed by atoms with E-state index in [0.717, 1.165) is 51.4 Å². The van der Waals surface area contributed by atoms with E-state index in [9.17, 15) is 4.39 Å². The number of benzene rings is 1. The molecular formula is C29H27FN8O. The number of imidazole rings is 1. The van der Waals surface area contributed by atoms with Gasteiger partial charge in [-0.25, -0.2) is 19.3 Å². The number of halogens is 1. The molecule has 0 fully saturated rings. The molecule has 1 aliphatic carbocycles. The van der Waals surface area contributed by atoms with Crippen LogP contribution in [0.4, 0.5) is 4.39 Å². The summed E-state index contributed by atoms with van der Waals surface area (Å²) in [6.07, 6.45) is 6.51. The van der Waals surface area contributed by atoms with Crippen LogP contribution in [-0.2, 0) is 13.0 Å². The highest BCUT2D eigenvalue weighted by Crippen LogP contribution is 2.39. The number of allylic oxidation sites excluding steroid dienone is 4. The Bertz CT molecular complexity index is 1700. The average molecular weight is 523 g/mol. The summed E-state index contributed by atoms with van der Waals surface area (Å²) in [5.41, 5.74) is 7.13. The van der Waals surface area contributed by atoms with Gasteiger partial charge in [0, 0.05) is 42.3 Å². The summed E-state index contributed by atoms with van der Waals surface area (Å²) in [5, 5.41) is 14.7. The number of fused-ring (bicyclic) bond motifs is 1. The van der Waals surface area contributed by atoms with Crippen LogP contribution in [0.1, 0.15) is 53.3 Å². The summed E-state index contributed by atoms with van der Waals surface area (Å²) < 4.78 is 21.8. The van der Waals surface area contributed by atoms with E-state index in [2.05, 4.69) is 74.4 Å². The molecule has 4 heterocycles. The zero-order chi connectivity index (χ0) is 26.9. The summed E-state index contributed by atoms with van der Waals surface area (Å²) in [7, 11) is 0. The van der Waals surface area contributed by atoms with Crippen LogP contribution in [-0.4, -0.2) is 40.1 Å². The molecule has 0 saturated carbocycles. The Hall–Kier alpha value is -4.73. The van der Waals surface area contributed by atoms with Crippen LogP contribution < -0.4 is 4.74 Å². The van der Waals surface area contributed by atoms with Crippen LogP contribution in [0.15, 0.2) is 66.6 Å². The standard InChI is InChI=1S/C29H27FN8O/c1-4-25-33-27-17(2)13-18(3)32-29(27)38(25)16-19-5-7-20(8-6-19)24-15-22(39-26-14-21(30)11-12-31-26)9-10-23(24)28-34-36-37-35-28/h5-14,24H,4,15-16H2,1-3H3,(H,34,35,36,37). The largest absolute Gasteiger partial charge is 0.443 e. The zero-order valence-electron chi connectivity index (χ0n) is 21.9. The molecule has 4 aromatic heterocycles. The number of H-pyrrole nitrogens is 1. The number of pyridine rings is 2. The van der Waals surface area contributed by atoms with Crippen molar-refractivity contribution in [3.63, 3.8) is 0 Å². The van der Waals surface area contributed by atoms with E-state index in [1.165, 1.54) is 18.3 Å². The second kappa shape index (κ2) is 10.2. The normalized spacial score (nSPS) is 15.3. The van der Waals surface area contributed by atoms with E-state index in [4.69, 9.17) is 14.7 Å². The molecular weight excluding hydrogens is 495 g/mol. The molecule has 1 aromatic carbocycles. The van der Waals surface area contributed by atoms with Gasteiger partial charge in [0.05, 0.1) is 6.54 Å². The quantitative estimate of drug-likeness (QED) is 0.311. The smallest absolute Gasteiger partial charge is 0.221 e. The monoisotopic (exact) mass is 522 g/mol. The van der Waals surface area contributed by atoms with E-state index in [1.54, 1.807) is 0 Å². The number of nitrogens with one attached hydrogen (secondary N) is 1. The molecule has 10 heteroatoms. The van der Waals surface area contributed by atoms with Crippen molar-refractivity contribution in [2.45, 2.75) is 46.1 Å². The molecule has 1 atom stereocenters. The number of hydrogen-bond acceptors (Lipinski definition) is 7. The molecule has 0 radical (unpaired) electrons. The molecule has 1 aliphatic rings. The number of aromatic nitrogens is 8. The number of tetrazole rings is 1. The first-order valence-corrected chi connectivity index (χ1v) is 12.8. The predicted molar refractivity (Wildman–Crippen MR) is 144 cm³/mol. The third-order valence-corrected chi connectivity index (χ3v) is 6.91. The van der Waals surface area contributed by atoms with E-state index in [-0.39, 0.29) is 11.8 Å². The zero-order valence-corrected chi connectivity index (χ0v) is 21.9. The Labute approximate surface area is 224 Å². The first kappa shape index (κ1) is 24.6. The number of hydrogen-bond donors (Lipinski definition) is 1. The van der Waals surface area contributed by atoms with Gasteiger partial charge in [-0.1, -0.05) is 37.3 Å². The van der Waals surface area contributed by atoms with Gasteiger partial charge in [-0.2, -0.15) is 5.21 Å². The van der Waals surface area contributed by atoms with Gasteiger partial charge in [-0.05, 0) is 54.0 Å². The third-order valence-electron chi connectivity index (χ3n) is 6.91. The summed E-state index contributed by atoms with van der Waals surface area (Å²) >= 11 is 0.